The van der Waals surface area contributed by atoms with Gasteiger partial charge in [0.2, 0.25) is 0 Å². The number of hydrogen-bond donors (Lipinski definition) is 0. The molecule has 0 saturated carbocycles. The van der Waals surface area contributed by atoms with Crippen molar-refractivity contribution in [3.8, 4) is 17.4 Å². The first-order valence-corrected chi connectivity index (χ1v) is 7.99. The van der Waals surface area contributed by atoms with Crippen molar-refractivity contribution in [1.82, 2.24) is 14.8 Å². The summed E-state index contributed by atoms with van der Waals surface area (Å²) in [5, 5.41) is 0. The lowest BCUT2D eigenvalue weighted by Crippen LogP contribution is -2.48. The summed E-state index contributed by atoms with van der Waals surface area (Å²) in [7, 11) is 5.52. The molecule has 7 heteroatoms. The van der Waals surface area contributed by atoms with Gasteiger partial charge >= 0.3 is 0 Å². The number of hydrogen-bond acceptors (Lipinski definition) is 6. The first-order valence-electron chi connectivity index (χ1n) is 7.99. The van der Waals surface area contributed by atoms with Crippen LogP contribution in [-0.2, 0) is 0 Å². The zero-order chi connectivity index (χ0) is 16.4. The van der Waals surface area contributed by atoms with Crippen LogP contribution in [0.5, 0.6) is 17.4 Å². The molecule has 0 unspecified atom stereocenters. The second-order valence-electron chi connectivity index (χ2n) is 6.25. The van der Waals surface area contributed by atoms with E-state index in [0.29, 0.717) is 31.0 Å². The van der Waals surface area contributed by atoms with Crippen LogP contribution in [0.2, 0.25) is 0 Å². The number of likely N-dealkylation sites (N-methyl/N-ethyl adjacent to an activating group) is 2. The third kappa shape index (κ3) is 3.50. The van der Waals surface area contributed by atoms with Crippen LogP contribution in [0.25, 0.3) is 0 Å². The second-order valence-corrected chi connectivity index (χ2v) is 6.25. The third-order valence-electron chi connectivity index (χ3n) is 4.82. The van der Waals surface area contributed by atoms with E-state index < -0.39 is 5.95 Å². The highest BCUT2D eigenvalue weighted by molar-refractivity contribution is 5.40. The van der Waals surface area contributed by atoms with Crippen LogP contribution < -0.4 is 14.2 Å². The molecule has 0 aliphatic carbocycles. The van der Waals surface area contributed by atoms with Crippen molar-refractivity contribution in [1.29, 1.82) is 0 Å². The molecule has 3 rings (SSSR count). The molecule has 2 aliphatic rings. The number of likely N-dealkylation sites (tertiary alicyclic amines) is 2. The van der Waals surface area contributed by atoms with Crippen LogP contribution in [0.1, 0.15) is 12.8 Å². The smallest absolute Gasteiger partial charge is 0.260 e. The number of rotatable bonds is 7. The van der Waals surface area contributed by atoms with Gasteiger partial charge in [0.05, 0.1) is 7.11 Å². The Bertz CT molecular complexity index is 558. The first kappa shape index (κ1) is 16.3. The van der Waals surface area contributed by atoms with Crippen molar-refractivity contribution in [2.45, 2.75) is 24.9 Å². The predicted octanol–water partition coefficient (Wildman–Crippen LogP) is 1.40. The summed E-state index contributed by atoms with van der Waals surface area (Å²) in [6.07, 6.45) is 2.18. The van der Waals surface area contributed by atoms with Gasteiger partial charge in [-0.05, 0) is 40.0 Å². The fraction of sp³-hybridized carbons (Fsp3) is 0.688. The van der Waals surface area contributed by atoms with Gasteiger partial charge in [0.15, 0.2) is 11.5 Å². The summed E-state index contributed by atoms with van der Waals surface area (Å²) < 4.78 is 30.4. The largest absolute Gasteiger partial charge is 0.492 e. The van der Waals surface area contributed by atoms with Gasteiger partial charge in [-0.1, -0.05) is 0 Å². The third-order valence-corrected chi connectivity index (χ3v) is 4.82. The second kappa shape index (κ2) is 6.88. The fourth-order valence-electron chi connectivity index (χ4n) is 2.71. The SMILES string of the molecule is COc1cc(OC[C@H]2CCN2C)c(OC[C@H]2CCN2C)nc1F. The molecular weight excluding hydrogens is 301 g/mol. The molecular formula is C16H24FN3O3. The van der Waals surface area contributed by atoms with Crippen LogP contribution in [0.15, 0.2) is 6.07 Å². The predicted molar refractivity (Wildman–Crippen MR) is 83.8 cm³/mol. The standard InChI is InChI=1S/C16H24FN3O3/c1-19-6-4-11(19)9-22-14-8-13(21-3)15(17)18-16(14)23-10-12-5-7-20(12)2/h8,11-12H,4-7,9-10H2,1-3H3/t11-,12-/m1/s1. The highest BCUT2D eigenvalue weighted by atomic mass is 19.1. The van der Waals surface area contributed by atoms with E-state index in [2.05, 4.69) is 21.8 Å². The maximum absolute atomic E-state index is 13.9. The minimum absolute atomic E-state index is 0.0649. The highest BCUT2D eigenvalue weighted by Crippen LogP contribution is 2.32. The lowest BCUT2D eigenvalue weighted by atomic mass is 10.1. The molecule has 1 aromatic heterocycles. The van der Waals surface area contributed by atoms with Crippen molar-refractivity contribution < 1.29 is 18.6 Å². The Morgan fingerprint density at radius 3 is 2.17 bits per heavy atom. The summed E-state index contributed by atoms with van der Waals surface area (Å²) in [5.74, 6) is 0.0174. The van der Waals surface area contributed by atoms with E-state index in [1.165, 1.54) is 13.2 Å². The van der Waals surface area contributed by atoms with E-state index in [-0.39, 0.29) is 11.6 Å². The van der Waals surface area contributed by atoms with E-state index in [1.807, 2.05) is 7.05 Å². The minimum atomic E-state index is -0.683. The van der Waals surface area contributed by atoms with Gasteiger partial charge in [0, 0.05) is 18.2 Å². The van der Waals surface area contributed by atoms with Gasteiger partial charge in [0.25, 0.3) is 11.8 Å². The summed E-state index contributed by atoms with van der Waals surface area (Å²) >= 11 is 0. The lowest BCUT2D eigenvalue weighted by Gasteiger charge is -2.38. The van der Waals surface area contributed by atoms with Gasteiger partial charge in [-0.25, -0.2) is 0 Å². The average molecular weight is 325 g/mol. The molecule has 0 N–H and O–H groups in total. The molecule has 0 amide bonds. The molecule has 3 heterocycles. The quantitative estimate of drug-likeness (QED) is 0.706. The number of methoxy groups -OCH3 is 1. The Morgan fingerprint density at radius 2 is 1.70 bits per heavy atom. The van der Waals surface area contributed by atoms with Gasteiger partial charge in [-0.15, -0.1) is 0 Å². The Labute approximate surface area is 136 Å². The number of nitrogens with zero attached hydrogens (tertiary/aromatic N) is 3. The van der Waals surface area contributed by atoms with Gasteiger partial charge < -0.3 is 14.2 Å². The average Bonchev–Trinajstić information content (AvgIpc) is 2.53. The summed E-state index contributed by atoms with van der Waals surface area (Å²) in [5.41, 5.74) is 0. The van der Waals surface area contributed by atoms with Crippen LogP contribution in [0.3, 0.4) is 0 Å². The zero-order valence-corrected chi connectivity index (χ0v) is 13.9. The molecule has 6 nitrogen and oxygen atoms in total. The summed E-state index contributed by atoms with van der Waals surface area (Å²) in [4.78, 5) is 8.29. The minimum Gasteiger partial charge on any atom is -0.492 e. The number of ether oxygens (including phenoxy) is 3. The van der Waals surface area contributed by atoms with Crippen LogP contribution in [0.4, 0.5) is 4.39 Å². The molecule has 0 radical (unpaired) electrons. The van der Waals surface area contributed by atoms with Gasteiger partial charge in [-0.2, -0.15) is 9.37 Å². The number of halogens is 1. The summed E-state index contributed by atoms with van der Waals surface area (Å²) in [6.45, 7) is 3.16. The van der Waals surface area contributed by atoms with Gasteiger partial charge in [0.1, 0.15) is 13.2 Å². The highest BCUT2D eigenvalue weighted by Gasteiger charge is 2.27. The summed E-state index contributed by atoms with van der Waals surface area (Å²) in [6, 6.07) is 2.25. The van der Waals surface area contributed by atoms with Crippen LogP contribution in [0, 0.1) is 5.95 Å². The zero-order valence-electron chi connectivity index (χ0n) is 13.9. The van der Waals surface area contributed by atoms with Crippen molar-refractivity contribution >= 4 is 0 Å². The number of aromatic nitrogens is 1. The van der Waals surface area contributed by atoms with Crippen molar-refractivity contribution in [3.05, 3.63) is 12.0 Å². The Kier molecular flexibility index (Phi) is 4.87. The van der Waals surface area contributed by atoms with E-state index >= 15 is 0 Å². The maximum Gasteiger partial charge on any atom is 0.260 e. The van der Waals surface area contributed by atoms with Crippen LogP contribution >= 0.6 is 0 Å². The molecule has 0 spiro atoms. The Hall–Kier alpha value is -1.60. The molecule has 2 atom stereocenters. The van der Waals surface area contributed by atoms with E-state index in [9.17, 15) is 4.39 Å². The van der Waals surface area contributed by atoms with Crippen molar-refractivity contribution in [2.75, 3.05) is 47.5 Å². The molecule has 0 aromatic carbocycles. The van der Waals surface area contributed by atoms with Crippen molar-refractivity contribution in [3.63, 3.8) is 0 Å². The van der Waals surface area contributed by atoms with E-state index in [1.54, 1.807) is 0 Å². The maximum atomic E-state index is 13.9. The molecule has 128 valence electrons. The molecule has 0 bridgehead atoms. The van der Waals surface area contributed by atoms with E-state index in [0.717, 1.165) is 25.9 Å². The topological polar surface area (TPSA) is 47.1 Å². The molecule has 1 aromatic rings. The van der Waals surface area contributed by atoms with Crippen molar-refractivity contribution in [2.24, 2.45) is 0 Å². The Balaban J connectivity index is 1.68. The first-order chi connectivity index (χ1) is 11.1. The molecule has 2 fully saturated rings. The number of pyridine rings is 1. The van der Waals surface area contributed by atoms with Crippen LogP contribution in [-0.4, -0.2) is 74.4 Å². The Morgan fingerprint density at radius 1 is 1.09 bits per heavy atom. The monoisotopic (exact) mass is 325 g/mol. The fourth-order valence-corrected chi connectivity index (χ4v) is 2.71. The molecule has 2 aliphatic heterocycles. The molecule has 23 heavy (non-hydrogen) atoms. The van der Waals surface area contributed by atoms with Gasteiger partial charge in [-0.3, -0.25) is 9.80 Å². The lowest BCUT2D eigenvalue weighted by molar-refractivity contribution is 0.0640. The molecule has 2 saturated heterocycles. The normalized spacial score (nSPS) is 24.7. The van der Waals surface area contributed by atoms with E-state index in [4.69, 9.17) is 14.2 Å².